The molecule has 0 bridgehead atoms. The Morgan fingerprint density at radius 1 is 1.04 bits per heavy atom. The van der Waals surface area contributed by atoms with Gasteiger partial charge in [-0.05, 0) is 45.9 Å². The Kier molecular flexibility index (Phi) is 4.75. The molecule has 10 heteroatoms. The quantitative estimate of drug-likeness (QED) is 0.613. The van der Waals surface area contributed by atoms with Crippen LogP contribution in [0.4, 0.5) is 22.0 Å². The Morgan fingerprint density at radius 2 is 1.58 bits per heavy atom. The first-order valence-corrected chi connectivity index (χ1v) is 7.01. The second-order valence-electron chi connectivity index (χ2n) is 6.21. The van der Waals surface area contributed by atoms with Gasteiger partial charge in [0.05, 0.1) is 11.2 Å². The normalized spacial score (nSPS) is 19.7. The third kappa shape index (κ3) is 4.10. The van der Waals surface area contributed by atoms with E-state index in [1.54, 1.807) is 27.7 Å². The molecule has 0 N–H and O–H groups in total. The predicted octanol–water partition coefficient (Wildman–Crippen LogP) is 3.49. The molecule has 0 saturated carbocycles. The highest BCUT2D eigenvalue weighted by molar-refractivity contribution is 6.63. The van der Waals surface area contributed by atoms with Gasteiger partial charge in [0, 0.05) is 5.46 Å². The van der Waals surface area contributed by atoms with Crippen molar-refractivity contribution < 1.29 is 40.7 Å². The maximum Gasteiger partial charge on any atom is 0.573 e. The molecular weight excluding hydrogens is 338 g/mol. The minimum atomic E-state index is -4.92. The molecule has 2 rings (SSSR count). The lowest BCUT2D eigenvalue weighted by Gasteiger charge is -2.32. The topological polar surface area (TPSA) is 36.9 Å². The highest BCUT2D eigenvalue weighted by atomic mass is 19.4. The van der Waals surface area contributed by atoms with E-state index in [4.69, 9.17) is 9.31 Å². The van der Waals surface area contributed by atoms with E-state index in [0.717, 1.165) is 18.2 Å². The number of alkyl halides is 5. The average molecular weight is 354 g/mol. The van der Waals surface area contributed by atoms with Crippen LogP contribution in [-0.4, -0.2) is 31.3 Å². The molecule has 24 heavy (non-hydrogen) atoms. The summed E-state index contributed by atoms with van der Waals surface area (Å²) in [6, 6.07) is 2.74. The van der Waals surface area contributed by atoms with Crippen molar-refractivity contribution >= 4 is 12.6 Å². The van der Waals surface area contributed by atoms with Gasteiger partial charge in [0.2, 0.25) is 0 Å². The van der Waals surface area contributed by atoms with E-state index in [1.165, 1.54) is 0 Å². The van der Waals surface area contributed by atoms with Crippen LogP contribution in [0.2, 0.25) is 0 Å². The van der Waals surface area contributed by atoms with Crippen LogP contribution in [0, 0.1) is 0 Å². The fourth-order valence-corrected chi connectivity index (χ4v) is 2.08. The summed E-state index contributed by atoms with van der Waals surface area (Å²) < 4.78 is 81.7. The summed E-state index contributed by atoms with van der Waals surface area (Å²) >= 11 is 0. The Morgan fingerprint density at radius 3 is 2.04 bits per heavy atom. The Balaban J connectivity index is 2.39. The van der Waals surface area contributed by atoms with E-state index in [9.17, 15) is 22.0 Å². The highest BCUT2D eigenvalue weighted by Gasteiger charge is 2.52. The highest BCUT2D eigenvalue weighted by Crippen LogP contribution is 2.38. The number of ether oxygens (including phenoxy) is 2. The monoisotopic (exact) mass is 354 g/mol. The molecule has 4 nitrogen and oxygen atoms in total. The maximum atomic E-state index is 12.5. The van der Waals surface area contributed by atoms with Gasteiger partial charge in [0.15, 0.2) is 0 Å². The zero-order chi connectivity index (χ0) is 18.3. The van der Waals surface area contributed by atoms with Gasteiger partial charge < -0.3 is 18.8 Å². The molecule has 0 unspecified atom stereocenters. The van der Waals surface area contributed by atoms with Crippen LogP contribution in [0.3, 0.4) is 0 Å². The van der Waals surface area contributed by atoms with E-state index in [-0.39, 0.29) is 11.2 Å². The minimum Gasteiger partial charge on any atom is -0.435 e. The van der Waals surface area contributed by atoms with Crippen LogP contribution in [0.25, 0.3) is 0 Å². The van der Waals surface area contributed by atoms with E-state index in [1.807, 2.05) is 0 Å². The van der Waals surface area contributed by atoms with Gasteiger partial charge in [0.25, 0.3) is 0 Å². The van der Waals surface area contributed by atoms with Crippen LogP contribution in [0.15, 0.2) is 18.2 Å². The zero-order valence-electron chi connectivity index (χ0n) is 13.4. The first-order valence-electron chi connectivity index (χ1n) is 7.01. The molecule has 0 radical (unpaired) electrons. The van der Waals surface area contributed by atoms with Gasteiger partial charge in [-0.25, -0.2) is 0 Å². The standard InChI is InChI=1S/C14H16BF5O4/c1-12(2)13(3,4)24-15(23-12)9-7-8(22-14(18,19)20)5-6-10(9)21-11(16)17/h5-7,11H,1-4H3. The molecule has 0 spiro atoms. The van der Waals surface area contributed by atoms with Crippen LogP contribution < -0.4 is 14.9 Å². The molecule has 0 aliphatic carbocycles. The summed E-state index contributed by atoms with van der Waals surface area (Å²) in [4.78, 5) is 0. The molecule has 1 aliphatic rings. The van der Waals surface area contributed by atoms with E-state index < -0.39 is 37.0 Å². The van der Waals surface area contributed by atoms with Gasteiger partial charge >= 0.3 is 20.1 Å². The van der Waals surface area contributed by atoms with Crippen LogP contribution in [-0.2, 0) is 9.31 Å². The fourth-order valence-electron chi connectivity index (χ4n) is 2.08. The van der Waals surface area contributed by atoms with Crippen LogP contribution in [0.5, 0.6) is 11.5 Å². The first-order chi connectivity index (χ1) is 10.8. The van der Waals surface area contributed by atoms with Crippen molar-refractivity contribution in [2.24, 2.45) is 0 Å². The van der Waals surface area contributed by atoms with Gasteiger partial charge in [-0.3, -0.25) is 0 Å². The van der Waals surface area contributed by atoms with Gasteiger partial charge in [-0.15, -0.1) is 13.2 Å². The molecule has 1 aromatic rings. The summed E-state index contributed by atoms with van der Waals surface area (Å²) in [6.07, 6.45) is -4.92. The zero-order valence-corrected chi connectivity index (χ0v) is 13.4. The molecule has 1 aliphatic heterocycles. The van der Waals surface area contributed by atoms with Crippen molar-refractivity contribution in [1.82, 2.24) is 0 Å². The first kappa shape index (κ1) is 18.8. The molecule has 0 amide bonds. The second-order valence-corrected chi connectivity index (χ2v) is 6.21. The maximum absolute atomic E-state index is 12.5. The molecule has 1 fully saturated rings. The number of benzene rings is 1. The number of hydrogen-bond donors (Lipinski definition) is 0. The molecule has 1 aromatic carbocycles. The van der Waals surface area contributed by atoms with Crippen LogP contribution in [0.1, 0.15) is 27.7 Å². The van der Waals surface area contributed by atoms with E-state index in [0.29, 0.717) is 0 Å². The third-order valence-electron chi connectivity index (χ3n) is 3.94. The van der Waals surface area contributed by atoms with Gasteiger partial charge in [-0.2, -0.15) is 8.78 Å². The van der Waals surface area contributed by atoms with Gasteiger partial charge in [-0.1, -0.05) is 0 Å². The van der Waals surface area contributed by atoms with Crippen LogP contribution >= 0.6 is 0 Å². The second kappa shape index (κ2) is 6.07. The van der Waals surface area contributed by atoms with E-state index >= 15 is 0 Å². The molecular formula is C14H16BF5O4. The average Bonchev–Trinajstić information content (AvgIpc) is 2.58. The summed E-state index contributed by atoms with van der Waals surface area (Å²) in [5.74, 6) is -0.938. The Hall–Kier alpha value is -1.55. The third-order valence-corrected chi connectivity index (χ3v) is 3.94. The van der Waals surface area contributed by atoms with E-state index in [2.05, 4.69) is 9.47 Å². The lowest BCUT2D eigenvalue weighted by molar-refractivity contribution is -0.274. The summed E-state index contributed by atoms with van der Waals surface area (Å²) in [5, 5.41) is 0. The fraction of sp³-hybridized carbons (Fsp3) is 0.571. The van der Waals surface area contributed by atoms with Crippen molar-refractivity contribution in [3.8, 4) is 11.5 Å². The number of halogens is 5. The lowest BCUT2D eigenvalue weighted by atomic mass is 9.78. The Labute approximate surface area is 136 Å². The molecule has 1 saturated heterocycles. The summed E-state index contributed by atoms with van der Waals surface area (Å²) in [5.41, 5.74) is -1.72. The molecule has 1 heterocycles. The van der Waals surface area contributed by atoms with Crippen molar-refractivity contribution in [2.45, 2.75) is 51.9 Å². The van der Waals surface area contributed by atoms with Crippen molar-refractivity contribution in [3.05, 3.63) is 18.2 Å². The summed E-state index contributed by atoms with van der Waals surface area (Å²) in [7, 11) is -1.18. The number of hydrogen-bond acceptors (Lipinski definition) is 4. The smallest absolute Gasteiger partial charge is 0.435 e. The van der Waals surface area contributed by atoms with Crippen molar-refractivity contribution in [3.63, 3.8) is 0 Å². The molecule has 0 aromatic heterocycles. The minimum absolute atomic E-state index is 0.115. The predicted molar refractivity (Wildman–Crippen MR) is 75.5 cm³/mol. The Bertz CT molecular complexity index is 587. The summed E-state index contributed by atoms with van der Waals surface area (Å²) in [6.45, 7) is 3.72. The number of rotatable bonds is 4. The SMILES string of the molecule is CC1(C)OB(c2cc(OC(F)(F)F)ccc2OC(F)F)OC1(C)C. The van der Waals surface area contributed by atoms with Gasteiger partial charge in [0.1, 0.15) is 11.5 Å². The largest absolute Gasteiger partial charge is 0.573 e. The molecule has 0 atom stereocenters. The lowest BCUT2D eigenvalue weighted by Crippen LogP contribution is -2.41. The van der Waals surface area contributed by atoms with Crippen molar-refractivity contribution in [2.75, 3.05) is 0 Å². The molecule has 134 valence electrons. The van der Waals surface area contributed by atoms with Crippen molar-refractivity contribution in [1.29, 1.82) is 0 Å².